The first-order chi connectivity index (χ1) is 9.52. The zero-order valence-corrected chi connectivity index (χ0v) is 12.5. The molecule has 0 aromatic carbocycles. The Bertz CT molecular complexity index is 446. The zero-order valence-electron chi connectivity index (χ0n) is 12.5. The van der Waals surface area contributed by atoms with E-state index in [1.165, 1.54) is 0 Å². The Kier molecular flexibility index (Phi) is 4.73. The lowest BCUT2D eigenvalue weighted by Gasteiger charge is -2.35. The van der Waals surface area contributed by atoms with E-state index in [0.717, 1.165) is 25.1 Å². The summed E-state index contributed by atoms with van der Waals surface area (Å²) in [6.45, 7) is 2.88. The summed E-state index contributed by atoms with van der Waals surface area (Å²) in [5.74, 6) is 0.157. The van der Waals surface area contributed by atoms with Crippen LogP contribution >= 0.6 is 0 Å². The molecular weight excluding hydrogens is 252 g/mol. The molecule has 5 heteroatoms. The fraction of sp³-hybridized carbons (Fsp3) is 0.600. The molecule has 110 valence electrons. The minimum atomic E-state index is -0.0805. The molecule has 1 aliphatic heterocycles. The van der Waals surface area contributed by atoms with Gasteiger partial charge in [0.2, 0.25) is 5.91 Å². The molecule has 1 aliphatic rings. The highest BCUT2D eigenvalue weighted by molar-refractivity contribution is 5.81. The van der Waals surface area contributed by atoms with Gasteiger partial charge in [0.05, 0.1) is 17.8 Å². The second-order valence-electron chi connectivity index (χ2n) is 5.69. The molecule has 20 heavy (non-hydrogen) atoms. The largest absolute Gasteiger partial charge is 0.347 e. The van der Waals surface area contributed by atoms with Crippen LogP contribution in [0, 0.1) is 0 Å². The van der Waals surface area contributed by atoms with Crippen LogP contribution in [0.15, 0.2) is 24.4 Å². The molecule has 3 unspecified atom stereocenters. The highest BCUT2D eigenvalue weighted by Gasteiger charge is 2.38. The molecule has 1 amide bonds. The first kappa shape index (κ1) is 14.9. The van der Waals surface area contributed by atoms with Crippen LogP contribution in [0.25, 0.3) is 0 Å². The Morgan fingerprint density at radius 3 is 2.80 bits per heavy atom. The van der Waals surface area contributed by atoms with Crippen molar-refractivity contribution in [2.75, 3.05) is 20.6 Å². The van der Waals surface area contributed by atoms with Crippen molar-refractivity contribution in [3.8, 4) is 0 Å². The highest BCUT2D eigenvalue weighted by Crippen LogP contribution is 2.31. The molecule has 0 aliphatic carbocycles. The molecule has 3 atom stereocenters. The molecule has 1 aromatic rings. The SMILES string of the molecule is CC(N)C(c1ccccn1)N1CCCC1C(=O)N(C)C. The van der Waals surface area contributed by atoms with Crippen molar-refractivity contribution in [1.29, 1.82) is 0 Å². The average molecular weight is 276 g/mol. The summed E-state index contributed by atoms with van der Waals surface area (Å²) in [4.78, 5) is 20.7. The third-order valence-corrected chi connectivity index (χ3v) is 3.87. The van der Waals surface area contributed by atoms with Gasteiger partial charge in [-0.1, -0.05) is 6.07 Å². The van der Waals surface area contributed by atoms with E-state index < -0.39 is 0 Å². The monoisotopic (exact) mass is 276 g/mol. The average Bonchev–Trinajstić information content (AvgIpc) is 2.87. The second kappa shape index (κ2) is 6.33. The minimum Gasteiger partial charge on any atom is -0.347 e. The normalized spacial score (nSPS) is 22.5. The van der Waals surface area contributed by atoms with Gasteiger partial charge in [-0.25, -0.2) is 0 Å². The van der Waals surface area contributed by atoms with Gasteiger partial charge >= 0.3 is 0 Å². The fourth-order valence-electron chi connectivity index (χ4n) is 2.98. The number of nitrogens with two attached hydrogens (primary N) is 1. The Labute approximate surface area is 120 Å². The van der Waals surface area contributed by atoms with Crippen LogP contribution in [0.4, 0.5) is 0 Å². The summed E-state index contributed by atoms with van der Waals surface area (Å²) < 4.78 is 0. The van der Waals surface area contributed by atoms with Gasteiger partial charge in [-0.05, 0) is 38.4 Å². The number of likely N-dealkylation sites (tertiary alicyclic amines) is 1. The molecule has 1 fully saturated rings. The van der Waals surface area contributed by atoms with Gasteiger partial charge in [-0.2, -0.15) is 0 Å². The van der Waals surface area contributed by atoms with Crippen LogP contribution in [-0.4, -0.2) is 53.4 Å². The Balaban J connectivity index is 2.27. The quantitative estimate of drug-likeness (QED) is 0.892. The first-order valence-corrected chi connectivity index (χ1v) is 7.15. The van der Waals surface area contributed by atoms with Crippen LogP contribution in [0.5, 0.6) is 0 Å². The number of rotatable bonds is 4. The lowest BCUT2D eigenvalue weighted by molar-refractivity contribution is -0.134. The number of carbonyl (C=O) groups is 1. The van der Waals surface area contributed by atoms with E-state index in [1.807, 2.05) is 25.1 Å². The molecule has 2 heterocycles. The maximum atomic E-state index is 12.3. The molecule has 0 spiro atoms. The minimum absolute atomic E-state index is 0.00685. The zero-order chi connectivity index (χ0) is 14.7. The number of aromatic nitrogens is 1. The number of pyridine rings is 1. The molecule has 2 rings (SSSR count). The highest BCUT2D eigenvalue weighted by atomic mass is 16.2. The third kappa shape index (κ3) is 2.99. The number of hydrogen-bond donors (Lipinski definition) is 1. The van der Waals surface area contributed by atoms with Crippen molar-refractivity contribution in [3.05, 3.63) is 30.1 Å². The van der Waals surface area contributed by atoms with Gasteiger partial charge in [0, 0.05) is 26.3 Å². The van der Waals surface area contributed by atoms with Crippen molar-refractivity contribution in [2.45, 2.75) is 37.9 Å². The Hall–Kier alpha value is -1.46. The summed E-state index contributed by atoms with van der Waals surface area (Å²) in [6.07, 6.45) is 3.71. The molecule has 0 bridgehead atoms. The van der Waals surface area contributed by atoms with Crippen molar-refractivity contribution in [1.82, 2.24) is 14.8 Å². The summed E-state index contributed by atoms with van der Waals surface area (Å²) in [6, 6.07) is 5.70. The summed E-state index contributed by atoms with van der Waals surface area (Å²) in [5.41, 5.74) is 7.13. The smallest absolute Gasteiger partial charge is 0.239 e. The second-order valence-corrected chi connectivity index (χ2v) is 5.69. The van der Waals surface area contributed by atoms with Crippen LogP contribution < -0.4 is 5.73 Å². The standard InChI is InChI=1S/C15H24N4O/c1-11(16)14(12-7-4-5-9-17-12)19-10-6-8-13(19)15(20)18(2)3/h4-5,7,9,11,13-14H,6,8,10,16H2,1-3H3. The van der Waals surface area contributed by atoms with Crippen LogP contribution in [0.3, 0.4) is 0 Å². The third-order valence-electron chi connectivity index (χ3n) is 3.87. The van der Waals surface area contributed by atoms with Crippen molar-refractivity contribution >= 4 is 5.91 Å². The van der Waals surface area contributed by atoms with Crippen LogP contribution in [0.2, 0.25) is 0 Å². The summed E-state index contributed by atoms with van der Waals surface area (Å²) in [7, 11) is 3.61. The molecule has 2 N–H and O–H groups in total. The molecule has 1 saturated heterocycles. The van der Waals surface area contributed by atoms with Gasteiger partial charge in [0.15, 0.2) is 0 Å². The van der Waals surface area contributed by atoms with Crippen LogP contribution in [0.1, 0.15) is 31.5 Å². The topological polar surface area (TPSA) is 62.5 Å². The first-order valence-electron chi connectivity index (χ1n) is 7.15. The summed E-state index contributed by atoms with van der Waals surface area (Å²) >= 11 is 0. The van der Waals surface area contributed by atoms with E-state index >= 15 is 0 Å². The van der Waals surface area contributed by atoms with Crippen LogP contribution in [-0.2, 0) is 4.79 Å². The fourth-order valence-corrected chi connectivity index (χ4v) is 2.98. The van der Waals surface area contributed by atoms with E-state index in [9.17, 15) is 4.79 Å². The van der Waals surface area contributed by atoms with E-state index in [4.69, 9.17) is 5.73 Å². The number of carbonyl (C=O) groups excluding carboxylic acids is 1. The van der Waals surface area contributed by atoms with Crippen molar-refractivity contribution in [3.63, 3.8) is 0 Å². The lowest BCUT2D eigenvalue weighted by Crippen LogP contribution is -2.48. The molecular formula is C15H24N4O. The van der Waals surface area contributed by atoms with Crippen molar-refractivity contribution in [2.24, 2.45) is 5.73 Å². The molecule has 0 saturated carbocycles. The summed E-state index contributed by atoms with van der Waals surface area (Å²) in [5, 5.41) is 0. The van der Waals surface area contributed by atoms with Gasteiger partial charge < -0.3 is 10.6 Å². The Morgan fingerprint density at radius 2 is 2.25 bits per heavy atom. The van der Waals surface area contributed by atoms with E-state index in [0.29, 0.717) is 0 Å². The van der Waals surface area contributed by atoms with Gasteiger partial charge in [-0.3, -0.25) is 14.7 Å². The maximum absolute atomic E-state index is 12.3. The van der Waals surface area contributed by atoms with Crippen molar-refractivity contribution < 1.29 is 4.79 Å². The molecule has 5 nitrogen and oxygen atoms in total. The van der Waals surface area contributed by atoms with Gasteiger partial charge in [0.25, 0.3) is 0 Å². The molecule has 0 radical (unpaired) electrons. The number of likely N-dealkylation sites (N-methyl/N-ethyl adjacent to an activating group) is 1. The Morgan fingerprint density at radius 1 is 1.50 bits per heavy atom. The van der Waals surface area contributed by atoms with Gasteiger partial charge in [-0.15, -0.1) is 0 Å². The van der Waals surface area contributed by atoms with E-state index in [1.54, 1.807) is 25.2 Å². The lowest BCUT2D eigenvalue weighted by atomic mass is 10.0. The van der Waals surface area contributed by atoms with E-state index in [-0.39, 0.29) is 24.0 Å². The van der Waals surface area contributed by atoms with Gasteiger partial charge in [0.1, 0.15) is 0 Å². The predicted octanol–water partition coefficient (Wildman–Crippen LogP) is 1.02. The van der Waals surface area contributed by atoms with E-state index in [2.05, 4.69) is 9.88 Å². The number of hydrogen-bond acceptors (Lipinski definition) is 4. The predicted molar refractivity (Wildman–Crippen MR) is 79.0 cm³/mol. The number of nitrogens with zero attached hydrogens (tertiary/aromatic N) is 3. The number of amides is 1. The molecule has 1 aromatic heterocycles. The maximum Gasteiger partial charge on any atom is 0.239 e.